The first kappa shape index (κ1) is 10.3. The maximum atomic E-state index is 12.1. The maximum Gasteiger partial charge on any atom is 0.437 e. The van der Waals surface area contributed by atoms with Crippen LogP contribution in [0.1, 0.15) is 11.3 Å². The van der Waals surface area contributed by atoms with Crippen LogP contribution in [-0.4, -0.2) is 10.1 Å². The van der Waals surface area contributed by atoms with Crippen molar-refractivity contribution in [2.75, 3.05) is 0 Å². The lowest BCUT2D eigenvalue weighted by molar-refractivity contribution is -0.142. The molecule has 2 nitrogen and oxygen atoms in total. The van der Waals surface area contributed by atoms with Crippen LogP contribution in [0.25, 0.3) is 0 Å². The zero-order valence-corrected chi connectivity index (χ0v) is 7.85. The highest BCUT2D eigenvalue weighted by molar-refractivity contribution is 9.08. The standard InChI is InChI=1S/C7H5BrF3NO/c8-3-4-1-2-12-6(5(4)13)7(9,10)11/h1-2,13H,3H2. The Balaban J connectivity index is 3.24. The molecule has 0 aliphatic rings. The number of nitrogens with zero attached hydrogens (tertiary/aromatic N) is 1. The van der Waals surface area contributed by atoms with Gasteiger partial charge in [-0.15, -0.1) is 0 Å². The van der Waals surface area contributed by atoms with Gasteiger partial charge in [0.05, 0.1) is 0 Å². The lowest BCUT2D eigenvalue weighted by Crippen LogP contribution is -2.08. The molecule has 0 saturated heterocycles. The molecule has 1 aromatic heterocycles. The normalized spacial score (nSPS) is 11.7. The van der Waals surface area contributed by atoms with Crippen LogP contribution >= 0.6 is 15.9 Å². The lowest BCUT2D eigenvalue weighted by atomic mass is 10.2. The van der Waals surface area contributed by atoms with Gasteiger partial charge in [-0.25, -0.2) is 4.98 Å². The Morgan fingerprint density at radius 1 is 1.46 bits per heavy atom. The maximum absolute atomic E-state index is 12.1. The molecule has 0 saturated carbocycles. The molecule has 0 amide bonds. The van der Waals surface area contributed by atoms with Crippen molar-refractivity contribution < 1.29 is 18.3 Å². The minimum atomic E-state index is -4.61. The second-order valence-corrected chi connectivity index (χ2v) is 2.86. The molecule has 1 heterocycles. The van der Waals surface area contributed by atoms with Crippen molar-refractivity contribution in [1.82, 2.24) is 4.98 Å². The van der Waals surface area contributed by atoms with Crippen LogP contribution in [0.5, 0.6) is 5.75 Å². The van der Waals surface area contributed by atoms with Crippen LogP contribution in [-0.2, 0) is 11.5 Å². The first-order chi connectivity index (χ1) is 5.96. The van der Waals surface area contributed by atoms with E-state index in [2.05, 4.69) is 20.9 Å². The van der Waals surface area contributed by atoms with Crippen LogP contribution in [0.3, 0.4) is 0 Å². The Morgan fingerprint density at radius 2 is 2.08 bits per heavy atom. The van der Waals surface area contributed by atoms with Gasteiger partial charge >= 0.3 is 6.18 Å². The summed E-state index contributed by atoms with van der Waals surface area (Å²) < 4.78 is 36.4. The molecule has 0 aliphatic carbocycles. The Kier molecular flexibility index (Phi) is 2.80. The number of alkyl halides is 4. The molecule has 72 valence electrons. The number of aromatic hydroxyl groups is 1. The largest absolute Gasteiger partial charge is 0.505 e. The molecular weight excluding hydrogens is 251 g/mol. The first-order valence-electron chi connectivity index (χ1n) is 3.27. The van der Waals surface area contributed by atoms with Gasteiger partial charge in [-0.2, -0.15) is 13.2 Å². The Bertz CT molecular complexity index is 313. The van der Waals surface area contributed by atoms with Gasteiger partial charge in [0.25, 0.3) is 0 Å². The van der Waals surface area contributed by atoms with E-state index < -0.39 is 17.6 Å². The van der Waals surface area contributed by atoms with Gasteiger partial charge in [0.2, 0.25) is 0 Å². The highest BCUT2D eigenvalue weighted by atomic mass is 79.9. The Labute approximate surface area is 80.5 Å². The summed E-state index contributed by atoms with van der Waals surface area (Å²) in [6.45, 7) is 0. The van der Waals surface area contributed by atoms with Crippen LogP contribution in [0.2, 0.25) is 0 Å². The predicted molar refractivity (Wildman–Crippen MR) is 43.5 cm³/mol. The van der Waals surface area contributed by atoms with Gasteiger partial charge < -0.3 is 5.11 Å². The third-order valence-electron chi connectivity index (χ3n) is 1.42. The van der Waals surface area contributed by atoms with E-state index in [4.69, 9.17) is 5.11 Å². The number of pyridine rings is 1. The molecule has 1 aromatic rings. The fourth-order valence-electron chi connectivity index (χ4n) is 0.809. The van der Waals surface area contributed by atoms with Crippen molar-refractivity contribution >= 4 is 15.9 Å². The molecule has 13 heavy (non-hydrogen) atoms. The fraction of sp³-hybridized carbons (Fsp3) is 0.286. The molecule has 1 N–H and O–H groups in total. The van der Waals surface area contributed by atoms with E-state index in [1.807, 2.05) is 0 Å². The van der Waals surface area contributed by atoms with E-state index in [1.54, 1.807) is 0 Å². The van der Waals surface area contributed by atoms with Crippen molar-refractivity contribution in [2.45, 2.75) is 11.5 Å². The summed E-state index contributed by atoms with van der Waals surface area (Å²) in [6.07, 6.45) is -3.60. The van der Waals surface area contributed by atoms with Crippen LogP contribution < -0.4 is 0 Å². The molecule has 1 rings (SSSR count). The third kappa shape index (κ3) is 2.12. The number of rotatable bonds is 1. The summed E-state index contributed by atoms with van der Waals surface area (Å²) in [5.74, 6) is -0.813. The first-order valence-corrected chi connectivity index (χ1v) is 4.39. The summed E-state index contributed by atoms with van der Waals surface area (Å²) >= 11 is 2.95. The summed E-state index contributed by atoms with van der Waals surface area (Å²) in [4.78, 5) is 3.06. The van der Waals surface area contributed by atoms with Gasteiger partial charge in [0.15, 0.2) is 5.69 Å². The minimum absolute atomic E-state index is 0.157. The average Bonchev–Trinajstić information content (AvgIpc) is 2.02. The van der Waals surface area contributed by atoms with E-state index >= 15 is 0 Å². The average molecular weight is 256 g/mol. The number of aromatic nitrogens is 1. The third-order valence-corrected chi connectivity index (χ3v) is 2.02. The molecule has 6 heteroatoms. The zero-order chi connectivity index (χ0) is 10.1. The second kappa shape index (κ2) is 3.53. The van der Waals surface area contributed by atoms with Crippen LogP contribution in [0.4, 0.5) is 13.2 Å². The van der Waals surface area contributed by atoms with Crippen LogP contribution in [0, 0.1) is 0 Å². The van der Waals surface area contributed by atoms with Gasteiger partial charge in [0, 0.05) is 17.1 Å². The van der Waals surface area contributed by atoms with E-state index in [9.17, 15) is 13.2 Å². The molecule has 0 fully saturated rings. The van der Waals surface area contributed by atoms with Crippen LogP contribution in [0.15, 0.2) is 12.3 Å². The smallest absolute Gasteiger partial charge is 0.437 e. The number of hydrogen-bond acceptors (Lipinski definition) is 2. The summed E-state index contributed by atoms with van der Waals surface area (Å²) in [5, 5.41) is 9.27. The monoisotopic (exact) mass is 255 g/mol. The summed E-state index contributed by atoms with van der Waals surface area (Å²) in [7, 11) is 0. The highest BCUT2D eigenvalue weighted by Crippen LogP contribution is 2.35. The van der Waals surface area contributed by atoms with Gasteiger partial charge in [0.1, 0.15) is 5.75 Å². The fourth-order valence-corrected chi connectivity index (χ4v) is 1.26. The van der Waals surface area contributed by atoms with E-state index in [-0.39, 0.29) is 10.9 Å². The minimum Gasteiger partial charge on any atom is -0.505 e. The van der Waals surface area contributed by atoms with Gasteiger partial charge in [-0.1, -0.05) is 15.9 Å². The second-order valence-electron chi connectivity index (χ2n) is 2.30. The summed E-state index contributed by atoms with van der Waals surface area (Å²) in [6, 6.07) is 1.32. The van der Waals surface area contributed by atoms with Crippen molar-refractivity contribution in [3.05, 3.63) is 23.5 Å². The van der Waals surface area contributed by atoms with Crippen molar-refractivity contribution in [3.63, 3.8) is 0 Å². The topological polar surface area (TPSA) is 33.1 Å². The lowest BCUT2D eigenvalue weighted by Gasteiger charge is -2.09. The molecule has 0 spiro atoms. The SMILES string of the molecule is Oc1c(CBr)ccnc1C(F)(F)F. The quantitative estimate of drug-likeness (QED) is 0.783. The number of halogens is 4. The van der Waals surface area contributed by atoms with E-state index in [0.29, 0.717) is 0 Å². The Morgan fingerprint density at radius 3 is 2.54 bits per heavy atom. The van der Waals surface area contributed by atoms with E-state index in [1.165, 1.54) is 6.07 Å². The van der Waals surface area contributed by atoms with Gasteiger partial charge in [-0.05, 0) is 6.07 Å². The Hall–Kier alpha value is -0.780. The zero-order valence-electron chi connectivity index (χ0n) is 6.27. The van der Waals surface area contributed by atoms with Crippen molar-refractivity contribution in [3.8, 4) is 5.75 Å². The molecule has 0 aromatic carbocycles. The number of hydrogen-bond donors (Lipinski definition) is 1. The molecule has 0 aliphatic heterocycles. The molecule has 0 bridgehead atoms. The van der Waals surface area contributed by atoms with Crippen molar-refractivity contribution in [2.24, 2.45) is 0 Å². The summed E-state index contributed by atoms with van der Waals surface area (Å²) in [5.41, 5.74) is -1.08. The van der Waals surface area contributed by atoms with Gasteiger partial charge in [-0.3, -0.25) is 0 Å². The molecule has 0 radical (unpaired) electrons. The molecule has 0 unspecified atom stereocenters. The van der Waals surface area contributed by atoms with Crippen molar-refractivity contribution in [1.29, 1.82) is 0 Å². The predicted octanol–water partition coefficient (Wildman–Crippen LogP) is 2.70. The molecule has 0 atom stereocenters. The highest BCUT2D eigenvalue weighted by Gasteiger charge is 2.36. The molecular formula is C7H5BrF3NO. The van der Waals surface area contributed by atoms with E-state index in [0.717, 1.165) is 6.20 Å².